The summed E-state index contributed by atoms with van der Waals surface area (Å²) in [5.74, 6) is -1.08. The fourth-order valence-electron chi connectivity index (χ4n) is 1.05. The molecule has 0 aromatic heterocycles. The SMILES string of the molecule is CC/C(C#N)=C(\C(=O)O)C(C)C. The zero-order chi connectivity index (χ0) is 9.72. The van der Waals surface area contributed by atoms with Crippen molar-refractivity contribution in [2.24, 2.45) is 5.92 Å². The predicted molar refractivity (Wildman–Crippen MR) is 45.4 cm³/mol. The normalized spacial score (nSPS) is 12.2. The Kier molecular flexibility index (Phi) is 4.06. The zero-order valence-electron chi connectivity index (χ0n) is 7.59. The highest BCUT2D eigenvalue weighted by atomic mass is 16.4. The summed E-state index contributed by atoms with van der Waals surface area (Å²) in [6, 6.07) is 1.91. The van der Waals surface area contributed by atoms with Crippen molar-refractivity contribution in [3.05, 3.63) is 11.1 Å². The molecule has 0 aliphatic carbocycles. The lowest BCUT2D eigenvalue weighted by Crippen LogP contribution is -2.09. The maximum atomic E-state index is 10.7. The van der Waals surface area contributed by atoms with Crippen molar-refractivity contribution in [2.45, 2.75) is 27.2 Å². The molecule has 0 aliphatic heterocycles. The van der Waals surface area contributed by atoms with Crippen LogP contribution in [0.25, 0.3) is 0 Å². The van der Waals surface area contributed by atoms with Crippen molar-refractivity contribution >= 4 is 5.97 Å². The highest BCUT2D eigenvalue weighted by molar-refractivity contribution is 5.88. The first-order valence-corrected chi connectivity index (χ1v) is 3.91. The lowest BCUT2D eigenvalue weighted by molar-refractivity contribution is -0.133. The summed E-state index contributed by atoms with van der Waals surface area (Å²) in [7, 11) is 0. The Labute approximate surface area is 72.3 Å². The number of rotatable bonds is 3. The molecule has 0 atom stereocenters. The number of carboxylic acids is 1. The highest BCUT2D eigenvalue weighted by Crippen LogP contribution is 2.16. The molecule has 0 rings (SSSR count). The summed E-state index contributed by atoms with van der Waals surface area (Å²) in [5, 5.41) is 17.4. The average molecular weight is 167 g/mol. The summed E-state index contributed by atoms with van der Waals surface area (Å²) in [5.41, 5.74) is 0.609. The number of carbonyl (C=O) groups is 1. The smallest absolute Gasteiger partial charge is 0.332 e. The third-order valence-corrected chi connectivity index (χ3v) is 1.62. The van der Waals surface area contributed by atoms with Crippen LogP contribution >= 0.6 is 0 Å². The molecule has 0 aromatic rings. The molecule has 0 saturated carbocycles. The maximum absolute atomic E-state index is 10.7. The fraction of sp³-hybridized carbons (Fsp3) is 0.556. The molecule has 0 aromatic carbocycles. The van der Waals surface area contributed by atoms with Crippen molar-refractivity contribution in [1.29, 1.82) is 5.26 Å². The van der Waals surface area contributed by atoms with Crippen LogP contribution < -0.4 is 0 Å². The van der Waals surface area contributed by atoms with Gasteiger partial charge in [0.2, 0.25) is 0 Å². The van der Waals surface area contributed by atoms with E-state index in [4.69, 9.17) is 10.4 Å². The number of carboxylic acid groups (broad SMARTS) is 1. The van der Waals surface area contributed by atoms with Crippen molar-refractivity contribution in [3.63, 3.8) is 0 Å². The van der Waals surface area contributed by atoms with E-state index < -0.39 is 5.97 Å². The van der Waals surface area contributed by atoms with Gasteiger partial charge in [-0.05, 0) is 12.3 Å². The second-order valence-corrected chi connectivity index (χ2v) is 2.82. The molecular formula is C9H13NO2. The van der Waals surface area contributed by atoms with E-state index >= 15 is 0 Å². The third-order valence-electron chi connectivity index (χ3n) is 1.62. The Bertz CT molecular complexity index is 246. The number of nitrogens with zero attached hydrogens (tertiary/aromatic N) is 1. The third kappa shape index (κ3) is 2.39. The first kappa shape index (κ1) is 10.7. The predicted octanol–water partition coefficient (Wildman–Crippen LogP) is 1.96. The van der Waals surface area contributed by atoms with Crippen LogP contribution in [-0.2, 0) is 4.79 Å². The molecule has 1 N–H and O–H groups in total. The Morgan fingerprint density at radius 1 is 1.58 bits per heavy atom. The number of hydrogen-bond acceptors (Lipinski definition) is 2. The van der Waals surface area contributed by atoms with E-state index in [-0.39, 0.29) is 11.5 Å². The Morgan fingerprint density at radius 2 is 2.08 bits per heavy atom. The van der Waals surface area contributed by atoms with Gasteiger partial charge in [-0.15, -0.1) is 0 Å². The van der Waals surface area contributed by atoms with Crippen molar-refractivity contribution in [1.82, 2.24) is 0 Å². The summed E-state index contributed by atoms with van der Waals surface area (Å²) in [6.07, 6.45) is 0.482. The molecule has 66 valence electrons. The maximum Gasteiger partial charge on any atom is 0.332 e. The van der Waals surface area contributed by atoms with E-state index in [1.807, 2.05) is 6.07 Å². The van der Waals surface area contributed by atoms with Crippen LogP contribution in [0.5, 0.6) is 0 Å². The topological polar surface area (TPSA) is 61.1 Å². The quantitative estimate of drug-likeness (QED) is 0.516. The lowest BCUT2D eigenvalue weighted by atomic mass is 9.96. The molecule has 0 heterocycles. The van der Waals surface area contributed by atoms with Crippen LogP contribution in [-0.4, -0.2) is 11.1 Å². The van der Waals surface area contributed by atoms with E-state index in [2.05, 4.69) is 0 Å². The molecule has 0 bridgehead atoms. The minimum Gasteiger partial charge on any atom is -0.478 e. The Morgan fingerprint density at radius 3 is 2.17 bits per heavy atom. The van der Waals surface area contributed by atoms with E-state index in [1.54, 1.807) is 20.8 Å². The van der Waals surface area contributed by atoms with Crippen LogP contribution in [0.1, 0.15) is 27.2 Å². The minimum absolute atomic E-state index is 0.0999. The molecule has 0 spiro atoms. The highest BCUT2D eigenvalue weighted by Gasteiger charge is 2.16. The second kappa shape index (κ2) is 4.55. The Hall–Kier alpha value is -1.30. The number of aliphatic carboxylic acids is 1. The van der Waals surface area contributed by atoms with Crippen molar-refractivity contribution in [2.75, 3.05) is 0 Å². The monoisotopic (exact) mass is 167 g/mol. The van der Waals surface area contributed by atoms with Gasteiger partial charge in [0.05, 0.1) is 11.6 Å². The molecule has 0 saturated heterocycles. The van der Waals surface area contributed by atoms with Gasteiger partial charge in [0, 0.05) is 5.57 Å². The van der Waals surface area contributed by atoms with E-state index in [1.165, 1.54) is 0 Å². The fourth-order valence-corrected chi connectivity index (χ4v) is 1.05. The van der Waals surface area contributed by atoms with Gasteiger partial charge >= 0.3 is 5.97 Å². The largest absolute Gasteiger partial charge is 0.478 e. The first-order valence-electron chi connectivity index (χ1n) is 3.91. The van der Waals surface area contributed by atoms with E-state index in [0.717, 1.165) is 0 Å². The van der Waals surface area contributed by atoms with E-state index in [9.17, 15) is 4.79 Å². The van der Waals surface area contributed by atoms with Gasteiger partial charge in [0.15, 0.2) is 0 Å². The second-order valence-electron chi connectivity index (χ2n) is 2.82. The minimum atomic E-state index is -0.983. The lowest BCUT2D eigenvalue weighted by Gasteiger charge is -2.07. The molecule has 12 heavy (non-hydrogen) atoms. The van der Waals surface area contributed by atoms with E-state index in [0.29, 0.717) is 12.0 Å². The number of hydrogen-bond donors (Lipinski definition) is 1. The van der Waals surface area contributed by atoms with Crippen LogP contribution in [0.4, 0.5) is 0 Å². The standard InChI is InChI=1S/C9H13NO2/c1-4-7(5-10)8(6(2)3)9(11)12/h6H,4H2,1-3H3,(H,11,12)/b8-7+. The summed E-state index contributed by atoms with van der Waals surface area (Å²) >= 11 is 0. The summed E-state index contributed by atoms with van der Waals surface area (Å²) in [4.78, 5) is 10.7. The molecule has 0 radical (unpaired) electrons. The number of allylic oxidation sites excluding steroid dienone is 1. The Balaban J connectivity index is 5.07. The van der Waals surface area contributed by atoms with Gasteiger partial charge in [-0.1, -0.05) is 20.8 Å². The molecule has 0 aliphatic rings. The number of nitriles is 1. The van der Waals surface area contributed by atoms with Crippen LogP contribution in [0.15, 0.2) is 11.1 Å². The summed E-state index contributed by atoms with van der Waals surface area (Å²) in [6.45, 7) is 5.33. The zero-order valence-corrected chi connectivity index (χ0v) is 7.59. The summed E-state index contributed by atoms with van der Waals surface area (Å²) < 4.78 is 0. The van der Waals surface area contributed by atoms with Crippen LogP contribution in [0, 0.1) is 17.2 Å². The molecule has 0 fully saturated rings. The molecule has 3 nitrogen and oxygen atoms in total. The van der Waals surface area contributed by atoms with Gasteiger partial charge in [-0.3, -0.25) is 0 Å². The van der Waals surface area contributed by atoms with Crippen LogP contribution in [0.2, 0.25) is 0 Å². The molecular weight excluding hydrogens is 154 g/mol. The first-order chi connectivity index (χ1) is 5.54. The molecule has 0 unspecified atom stereocenters. The van der Waals surface area contributed by atoms with Crippen LogP contribution in [0.3, 0.4) is 0 Å². The average Bonchev–Trinajstić information content (AvgIpc) is 1.98. The van der Waals surface area contributed by atoms with Gasteiger partial charge < -0.3 is 5.11 Å². The molecule has 0 amide bonds. The van der Waals surface area contributed by atoms with Gasteiger partial charge in [-0.2, -0.15) is 5.26 Å². The van der Waals surface area contributed by atoms with Gasteiger partial charge in [0.25, 0.3) is 0 Å². The molecule has 3 heteroatoms. The van der Waals surface area contributed by atoms with Crippen molar-refractivity contribution in [3.8, 4) is 6.07 Å². The van der Waals surface area contributed by atoms with Gasteiger partial charge in [-0.25, -0.2) is 4.79 Å². The van der Waals surface area contributed by atoms with Gasteiger partial charge in [0.1, 0.15) is 0 Å². The van der Waals surface area contributed by atoms with Crippen molar-refractivity contribution < 1.29 is 9.90 Å².